The molecule has 1 N–H and O–H groups in total. The van der Waals surface area contributed by atoms with E-state index in [2.05, 4.69) is 17.0 Å². The highest BCUT2D eigenvalue weighted by Crippen LogP contribution is 2.23. The van der Waals surface area contributed by atoms with Crippen molar-refractivity contribution in [1.29, 1.82) is 0 Å². The molecule has 0 fully saturated rings. The van der Waals surface area contributed by atoms with Crippen LogP contribution in [0.25, 0.3) is 11.1 Å². The summed E-state index contributed by atoms with van der Waals surface area (Å²) >= 11 is 0. The molecular formula is C13H17N3O2. The number of nitrogens with zero attached hydrogens (tertiary/aromatic N) is 2. The number of aromatic amines is 1. The van der Waals surface area contributed by atoms with E-state index in [-0.39, 0.29) is 5.97 Å². The van der Waals surface area contributed by atoms with Crippen molar-refractivity contribution in [1.82, 2.24) is 14.8 Å². The van der Waals surface area contributed by atoms with Crippen LogP contribution in [0.5, 0.6) is 0 Å². The molecule has 5 nitrogen and oxygen atoms in total. The third-order valence-electron chi connectivity index (χ3n) is 2.62. The van der Waals surface area contributed by atoms with Crippen LogP contribution < -0.4 is 0 Å². The number of nitrogens with one attached hydrogen (secondary N) is 1. The molecule has 2 aromatic rings. The summed E-state index contributed by atoms with van der Waals surface area (Å²) in [6.07, 6.45) is 6.47. The number of hydrogen-bond acceptors (Lipinski definition) is 3. The number of aryl methyl sites for hydroxylation is 1. The van der Waals surface area contributed by atoms with Gasteiger partial charge in [-0.25, -0.2) is 4.79 Å². The van der Waals surface area contributed by atoms with Crippen LogP contribution >= 0.6 is 0 Å². The van der Waals surface area contributed by atoms with E-state index in [4.69, 9.17) is 4.74 Å². The van der Waals surface area contributed by atoms with Crippen molar-refractivity contribution >= 4 is 5.97 Å². The van der Waals surface area contributed by atoms with Gasteiger partial charge in [0.05, 0.1) is 12.8 Å². The maximum atomic E-state index is 11.8. The summed E-state index contributed by atoms with van der Waals surface area (Å²) in [6, 6.07) is 1.86. The summed E-state index contributed by atoms with van der Waals surface area (Å²) in [5.41, 5.74) is 2.23. The molecule has 0 aliphatic carbocycles. The largest absolute Gasteiger partial charge is 0.461 e. The Morgan fingerprint density at radius 3 is 3.06 bits per heavy atom. The van der Waals surface area contributed by atoms with E-state index >= 15 is 0 Å². The van der Waals surface area contributed by atoms with E-state index in [0.717, 1.165) is 24.1 Å². The van der Waals surface area contributed by atoms with Crippen LogP contribution in [0, 0.1) is 0 Å². The van der Waals surface area contributed by atoms with Gasteiger partial charge >= 0.3 is 5.97 Å². The summed E-state index contributed by atoms with van der Waals surface area (Å²) in [5.74, 6) is -0.333. The van der Waals surface area contributed by atoms with Gasteiger partial charge in [0.15, 0.2) is 0 Å². The van der Waals surface area contributed by atoms with Gasteiger partial charge in [0.2, 0.25) is 0 Å². The quantitative estimate of drug-likeness (QED) is 0.826. The van der Waals surface area contributed by atoms with Gasteiger partial charge in [0.25, 0.3) is 0 Å². The summed E-state index contributed by atoms with van der Waals surface area (Å²) in [5, 5.41) is 4.26. The zero-order valence-electron chi connectivity index (χ0n) is 10.6. The molecule has 2 aromatic heterocycles. The Kier molecular flexibility index (Phi) is 3.82. The van der Waals surface area contributed by atoms with E-state index in [1.807, 2.05) is 16.9 Å². The van der Waals surface area contributed by atoms with Gasteiger partial charge < -0.3 is 9.72 Å². The number of ether oxygens (including phenoxy) is 1. The Morgan fingerprint density at radius 2 is 2.33 bits per heavy atom. The van der Waals surface area contributed by atoms with Gasteiger partial charge in [-0.15, -0.1) is 0 Å². The standard InChI is InChI=1S/C13H17N3O2/c1-3-7-16-9-10(8-15-16)11-5-6-14-12(11)13(17)18-4-2/h5-6,8-9,14H,3-4,7H2,1-2H3. The molecule has 0 aliphatic heterocycles. The molecule has 0 aromatic carbocycles. The number of carbonyl (C=O) groups excluding carboxylic acids is 1. The average molecular weight is 247 g/mol. The molecule has 2 rings (SSSR count). The van der Waals surface area contributed by atoms with Crippen molar-refractivity contribution in [3.8, 4) is 11.1 Å². The lowest BCUT2D eigenvalue weighted by molar-refractivity contribution is 0.0521. The first-order valence-corrected chi connectivity index (χ1v) is 6.13. The van der Waals surface area contributed by atoms with Gasteiger partial charge in [-0.2, -0.15) is 5.10 Å². The minimum absolute atomic E-state index is 0.333. The fraction of sp³-hybridized carbons (Fsp3) is 0.385. The molecule has 0 unspecified atom stereocenters. The number of carbonyl (C=O) groups is 1. The molecule has 18 heavy (non-hydrogen) atoms. The summed E-state index contributed by atoms with van der Waals surface area (Å²) in [7, 11) is 0. The topological polar surface area (TPSA) is 59.9 Å². The van der Waals surface area contributed by atoms with E-state index in [1.165, 1.54) is 0 Å². The number of aromatic nitrogens is 3. The Balaban J connectivity index is 2.27. The molecule has 0 saturated heterocycles. The smallest absolute Gasteiger partial charge is 0.355 e. The van der Waals surface area contributed by atoms with Gasteiger partial charge in [-0.1, -0.05) is 6.92 Å². The average Bonchev–Trinajstić information content (AvgIpc) is 2.96. The van der Waals surface area contributed by atoms with E-state index in [9.17, 15) is 4.79 Å². The van der Waals surface area contributed by atoms with Crippen LogP contribution in [0.4, 0.5) is 0 Å². The van der Waals surface area contributed by atoms with Gasteiger partial charge in [-0.3, -0.25) is 4.68 Å². The molecule has 0 amide bonds. The van der Waals surface area contributed by atoms with Gasteiger partial charge in [-0.05, 0) is 19.4 Å². The molecule has 0 saturated carbocycles. The predicted octanol–water partition coefficient (Wildman–Crippen LogP) is 2.46. The second-order valence-electron chi connectivity index (χ2n) is 3.98. The lowest BCUT2D eigenvalue weighted by Crippen LogP contribution is -2.06. The van der Waals surface area contributed by atoms with Crippen molar-refractivity contribution in [3.63, 3.8) is 0 Å². The van der Waals surface area contributed by atoms with E-state index in [1.54, 1.807) is 19.3 Å². The number of rotatable bonds is 5. The second kappa shape index (κ2) is 5.53. The number of hydrogen-bond donors (Lipinski definition) is 1. The monoisotopic (exact) mass is 247 g/mol. The minimum Gasteiger partial charge on any atom is -0.461 e. The molecule has 96 valence electrons. The van der Waals surface area contributed by atoms with Crippen molar-refractivity contribution in [2.24, 2.45) is 0 Å². The Morgan fingerprint density at radius 1 is 1.50 bits per heavy atom. The Bertz CT molecular complexity index is 528. The lowest BCUT2D eigenvalue weighted by atomic mass is 10.1. The summed E-state index contributed by atoms with van der Waals surface area (Å²) in [6.45, 7) is 5.13. The maximum Gasteiger partial charge on any atom is 0.355 e. The van der Waals surface area contributed by atoms with Crippen LogP contribution in [0.3, 0.4) is 0 Å². The first kappa shape index (κ1) is 12.4. The second-order valence-corrected chi connectivity index (χ2v) is 3.98. The van der Waals surface area contributed by atoms with Crippen molar-refractivity contribution in [3.05, 3.63) is 30.4 Å². The van der Waals surface area contributed by atoms with Gasteiger partial charge in [0.1, 0.15) is 5.69 Å². The summed E-state index contributed by atoms with van der Waals surface area (Å²) < 4.78 is 6.88. The fourth-order valence-corrected chi connectivity index (χ4v) is 1.84. The first-order valence-electron chi connectivity index (χ1n) is 6.13. The molecule has 0 bridgehead atoms. The molecule has 0 atom stereocenters. The van der Waals surface area contributed by atoms with Crippen LogP contribution in [-0.4, -0.2) is 27.3 Å². The molecule has 5 heteroatoms. The van der Waals surface area contributed by atoms with Crippen LogP contribution in [0.15, 0.2) is 24.7 Å². The molecular weight excluding hydrogens is 230 g/mol. The fourth-order valence-electron chi connectivity index (χ4n) is 1.84. The highest BCUT2D eigenvalue weighted by Gasteiger charge is 2.16. The van der Waals surface area contributed by atoms with Gasteiger partial charge in [0, 0.05) is 30.1 Å². The zero-order valence-corrected chi connectivity index (χ0v) is 10.6. The van der Waals surface area contributed by atoms with E-state index in [0.29, 0.717) is 12.3 Å². The first-order chi connectivity index (χ1) is 8.76. The maximum absolute atomic E-state index is 11.8. The molecule has 0 aliphatic rings. The van der Waals surface area contributed by atoms with E-state index < -0.39 is 0 Å². The normalized spacial score (nSPS) is 10.6. The number of esters is 1. The van der Waals surface area contributed by atoms with Crippen LogP contribution in [0.2, 0.25) is 0 Å². The molecule has 2 heterocycles. The molecule has 0 spiro atoms. The highest BCUT2D eigenvalue weighted by molar-refractivity contribution is 5.95. The predicted molar refractivity (Wildman–Crippen MR) is 68.3 cm³/mol. The third-order valence-corrected chi connectivity index (χ3v) is 2.62. The zero-order chi connectivity index (χ0) is 13.0. The Labute approximate surface area is 106 Å². The van der Waals surface area contributed by atoms with Crippen LogP contribution in [-0.2, 0) is 11.3 Å². The highest BCUT2D eigenvalue weighted by atomic mass is 16.5. The molecule has 0 radical (unpaired) electrons. The van der Waals surface area contributed by atoms with Crippen molar-refractivity contribution < 1.29 is 9.53 Å². The lowest BCUT2D eigenvalue weighted by Gasteiger charge is -2.01. The van der Waals surface area contributed by atoms with Crippen molar-refractivity contribution in [2.45, 2.75) is 26.8 Å². The van der Waals surface area contributed by atoms with Crippen LogP contribution in [0.1, 0.15) is 30.8 Å². The Hall–Kier alpha value is -2.04. The SMILES string of the molecule is CCCn1cc(-c2cc[nH]c2C(=O)OCC)cn1. The minimum atomic E-state index is -0.333. The third kappa shape index (κ3) is 2.45. The number of H-pyrrole nitrogens is 1. The van der Waals surface area contributed by atoms with Crippen molar-refractivity contribution in [2.75, 3.05) is 6.61 Å². The summed E-state index contributed by atoms with van der Waals surface area (Å²) in [4.78, 5) is 14.7.